The minimum absolute atomic E-state index is 0. The fourth-order valence-electron chi connectivity index (χ4n) is 2.47. The highest BCUT2D eigenvalue weighted by atomic mass is 35.5. The van der Waals surface area contributed by atoms with E-state index in [9.17, 15) is 4.79 Å². The van der Waals surface area contributed by atoms with Gasteiger partial charge < -0.3 is 10.6 Å². The zero-order chi connectivity index (χ0) is 14.7. The summed E-state index contributed by atoms with van der Waals surface area (Å²) in [7, 11) is 0. The Morgan fingerprint density at radius 1 is 1.35 bits per heavy atom. The van der Waals surface area contributed by atoms with E-state index in [2.05, 4.69) is 27.5 Å². The lowest BCUT2D eigenvalue weighted by Gasteiger charge is -2.30. The maximum atomic E-state index is 12.3. The fourth-order valence-corrected chi connectivity index (χ4v) is 3.26. The van der Waals surface area contributed by atoms with Gasteiger partial charge in [0.25, 0.3) is 5.91 Å². The van der Waals surface area contributed by atoms with Gasteiger partial charge in [0.05, 0.1) is 11.9 Å². The van der Waals surface area contributed by atoms with Gasteiger partial charge in [-0.1, -0.05) is 6.07 Å². The molecule has 8 heteroatoms. The number of hydrogen-bond donors (Lipinski definition) is 2. The summed E-state index contributed by atoms with van der Waals surface area (Å²) < 4.78 is 0. The van der Waals surface area contributed by atoms with Gasteiger partial charge in [-0.15, -0.1) is 36.2 Å². The molecule has 0 aliphatic carbocycles. The van der Waals surface area contributed by atoms with Crippen LogP contribution in [0.1, 0.15) is 29.4 Å². The van der Waals surface area contributed by atoms with Gasteiger partial charge in [0, 0.05) is 18.3 Å². The van der Waals surface area contributed by atoms with Crippen LogP contribution in [0.5, 0.6) is 0 Å². The molecule has 2 aromatic rings. The molecule has 3 rings (SSSR count). The predicted octanol–water partition coefficient (Wildman–Crippen LogP) is 2.92. The molecule has 1 aliphatic rings. The van der Waals surface area contributed by atoms with Crippen LogP contribution in [-0.2, 0) is 0 Å². The van der Waals surface area contributed by atoms with Gasteiger partial charge in [0.15, 0.2) is 0 Å². The zero-order valence-corrected chi connectivity index (χ0v) is 15.1. The Morgan fingerprint density at radius 3 is 2.87 bits per heavy atom. The number of thiazole rings is 1. The Kier molecular flexibility index (Phi) is 7.91. The minimum atomic E-state index is -0.0461. The molecule has 23 heavy (non-hydrogen) atoms. The maximum absolute atomic E-state index is 12.3. The van der Waals surface area contributed by atoms with E-state index in [0.29, 0.717) is 10.9 Å². The van der Waals surface area contributed by atoms with Crippen LogP contribution in [-0.4, -0.2) is 34.5 Å². The molecule has 5 nitrogen and oxygen atoms in total. The molecule has 0 radical (unpaired) electrons. The van der Waals surface area contributed by atoms with E-state index in [1.54, 1.807) is 12.4 Å². The summed E-state index contributed by atoms with van der Waals surface area (Å²) in [6.45, 7) is 3.13. The van der Waals surface area contributed by atoms with Crippen LogP contribution >= 0.6 is 36.2 Å². The quantitative estimate of drug-likeness (QED) is 0.866. The first-order chi connectivity index (χ1) is 10.2. The molecule has 3 heterocycles. The number of halogens is 2. The first-order valence-electron chi connectivity index (χ1n) is 7.15. The molecule has 0 saturated carbocycles. The van der Waals surface area contributed by atoms with Crippen molar-refractivity contribution in [1.82, 2.24) is 20.6 Å². The number of nitrogens with zero attached hydrogens (tertiary/aromatic N) is 2. The smallest absolute Gasteiger partial charge is 0.263 e. The Morgan fingerprint density at radius 2 is 2.17 bits per heavy atom. The van der Waals surface area contributed by atoms with E-state index in [1.807, 2.05) is 18.2 Å². The molecular formula is C15H20Cl2N4OS. The maximum Gasteiger partial charge on any atom is 0.263 e. The summed E-state index contributed by atoms with van der Waals surface area (Å²) in [6, 6.07) is 6.17. The SMILES string of the molecule is CC1NCCCC1NC(=O)c1cnc(-c2ccccn2)s1.Cl.Cl. The number of nitrogens with one attached hydrogen (secondary N) is 2. The van der Waals surface area contributed by atoms with E-state index < -0.39 is 0 Å². The van der Waals surface area contributed by atoms with Crippen LogP contribution in [0.25, 0.3) is 10.7 Å². The van der Waals surface area contributed by atoms with Crippen molar-refractivity contribution in [1.29, 1.82) is 0 Å². The van der Waals surface area contributed by atoms with E-state index in [4.69, 9.17) is 0 Å². The lowest BCUT2D eigenvalue weighted by molar-refractivity contribution is 0.0924. The number of rotatable bonds is 3. The fraction of sp³-hybridized carbons (Fsp3) is 0.400. The van der Waals surface area contributed by atoms with Crippen molar-refractivity contribution >= 4 is 42.1 Å². The first kappa shape index (κ1) is 19.8. The lowest BCUT2D eigenvalue weighted by atomic mass is 10.00. The van der Waals surface area contributed by atoms with Crippen molar-refractivity contribution in [2.24, 2.45) is 0 Å². The van der Waals surface area contributed by atoms with E-state index in [0.717, 1.165) is 30.1 Å². The van der Waals surface area contributed by atoms with E-state index in [-0.39, 0.29) is 36.8 Å². The van der Waals surface area contributed by atoms with Crippen LogP contribution < -0.4 is 10.6 Å². The molecule has 2 aromatic heterocycles. The summed E-state index contributed by atoms with van der Waals surface area (Å²) >= 11 is 1.38. The van der Waals surface area contributed by atoms with Crippen LogP contribution in [0.15, 0.2) is 30.6 Å². The molecule has 1 aliphatic heterocycles. The number of hydrogen-bond acceptors (Lipinski definition) is 5. The lowest BCUT2D eigenvalue weighted by Crippen LogP contribution is -2.51. The third-order valence-electron chi connectivity index (χ3n) is 3.69. The summed E-state index contributed by atoms with van der Waals surface area (Å²) in [5, 5.41) is 7.25. The molecule has 2 N–H and O–H groups in total. The molecule has 0 spiro atoms. The highest BCUT2D eigenvalue weighted by Gasteiger charge is 2.23. The van der Waals surface area contributed by atoms with Crippen LogP contribution in [0.3, 0.4) is 0 Å². The van der Waals surface area contributed by atoms with Crippen LogP contribution in [0, 0.1) is 0 Å². The van der Waals surface area contributed by atoms with Crippen molar-refractivity contribution in [3.8, 4) is 10.7 Å². The highest BCUT2D eigenvalue weighted by Crippen LogP contribution is 2.23. The molecule has 0 bridgehead atoms. The standard InChI is InChI=1S/C15H18N4OS.2ClH/c1-10-11(6-4-8-16-10)19-14(20)13-9-18-15(21-13)12-5-2-3-7-17-12;;/h2-3,5,7,9-11,16H,4,6,8H2,1H3,(H,19,20);2*1H. The normalized spacial score (nSPS) is 20.0. The van der Waals surface area contributed by atoms with Crippen molar-refractivity contribution in [2.75, 3.05) is 6.54 Å². The number of amides is 1. The molecule has 2 atom stereocenters. The number of carbonyl (C=O) groups excluding carboxylic acids is 1. The van der Waals surface area contributed by atoms with Crippen LogP contribution in [0.4, 0.5) is 0 Å². The van der Waals surface area contributed by atoms with Gasteiger partial charge in [0.1, 0.15) is 9.88 Å². The summed E-state index contributed by atoms with van der Waals surface area (Å²) in [4.78, 5) is 21.5. The summed E-state index contributed by atoms with van der Waals surface area (Å²) in [6.07, 6.45) is 5.47. The van der Waals surface area contributed by atoms with Gasteiger partial charge in [-0.3, -0.25) is 9.78 Å². The third kappa shape index (κ3) is 4.88. The first-order valence-corrected chi connectivity index (χ1v) is 7.97. The average Bonchev–Trinajstić information content (AvgIpc) is 3.00. The Labute approximate surface area is 152 Å². The monoisotopic (exact) mass is 374 g/mol. The summed E-state index contributed by atoms with van der Waals surface area (Å²) in [5.74, 6) is -0.0461. The molecule has 2 unspecified atom stereocenters. The van der Waals surface area contributed by atoms with Crippen molar-refractivity contribution < 1.29 is 4.79 Å². The number of piperidine rings is 1. The molecule has 1 saturated heterocycles. The molecule has 0 aromatic carbocycles. The van der Waals surface area contributed by atoms with Gasteiger partial charge in [-0.25, -0.2) is 4.98 Å². The van der Waals surface area contributed by atoms with Crippen molar-refractivity contribution in [3.63, 3.8) is 0 Å². The Balaban J connectivity index is 0.00000132. The largest absolute Gasteiger partial charge is 0.347 e. The number of aromatic nitrogens is 2. The molecule has 126 valence electrons. The molecular weight excluding hydrogens is 355 g/mol. The Hall–Kier alpha value is -1.21. The average molecular weight is 375 g/mol. The number of pyridine rings is 1. The van der Waals surface area contributed by atoms with E-state index >= 15 is 0 Å². The highest BCUT2D eigenvalue weighted by molar-refractivity contribution is 7.16. The predicted molar refractivity (Wildman–Crippen MR) is 97.8 cm³/mol. The van der Waals surface area contributed by atoms with E-state index in [1.165, 1.54) is 11.3 Å². The van der Waals surface area contributed by atoms with Gasteiger partial charge in [-0.05, 0) is 38.4 Å². The summed E-state index contributed by atoms with van der Waals surface area (Å²) in [5.41, 5.74) is 0.800. The zero-order valence-electron chi connectivity index (χ0n) is 12.7. The van der Waals surface area contributed by atoms with Gasteiger partial charge in [0.2, 0.25) is 0 Å². The molecule has 1 amide bonds. The van der Waals surface area contributed by atoms with Gasteiger partial charge in [-0.2, -0.15) is 0 Å². The van der Waals surface area contributed by atoms with Crippen molar-refractivity contribution in [2.45, 2.75) is 31.8 Å². The van der Waals surface area contributed by atoms with Crippen LogP contribution in [0.2, 0.25) is 0 Å². The number of carbonyl (C=O) groups is 1. The second kappa shape index (κ2) is 9.17. The second-order valence-electron chi connectivity index (χ2n) is 5.21. The third-order valence-corrected chi connectivity index (χ3v) is 4.71. The van der Waals surface area contributed by atoms with Crippen molar-refractivity contribution in [3.05, 3.63) is 35.5 Å². The second-order valence-corrected chi connectivity index (χ2v) is 6.24. The topological polar surface area (TPSA) is 66.9 Å². The Bertz CT molecular complexity index is 623. The molecule has 1 fully saturated rings. The van der Waals surface area contributed by atoms with Gasteiger partial charge >= 0.3 is 0 Å². The minimum Gasteiger partial charge on any atom is -0.347 e.